The average Bonchev–Trinajstić information content (AvgIpc) is 2.03. The lowest BCUT2D eigenvalue weighted by molar-refractivity contribution is -0.133. The molecule has 0 bridgehead atoms. The van der Waals surface area contributed by atoms with Gasteiger partial charge in [-0.3, -0.25) is 0 Å². The third-order valence-electron chi connectivity index (χ3n) is 1.85. The fraction of sp³-hybridized carbons (Fsp3) is 0.429. The Morgan fingerprint density at radius 1 is 1.31 bits per heavy atom. The number of carboxylic acid groups (broad SMARTS) is 2. The van der Waals surface area contributed by atoms with E-state index in [0.717, 1.165) is 4.90 Å². The van der Waals surface area contributed by atoms with Crippen molar-refractivity contribution in [1.82, 2.24) is 4.90 Å². The Morgan fingerprint density at radius 2 is 1.92 bits per heavy atom. The first kappa shape index (κ1) is 9.37. The molecule has 6 nitrogen and oxygen atoms in total. The fourth-order valence-electron chi connectivity index (χ4n) is 1.14. The summed E-state index contributed by atoms with van der Waals surface area (Å²) < 4.78 is 0. The molecule has 0 spiro atoms. The number of carboxylic acids is 1. The van der Waals surface area contributed by atoms with E-state index in [-0.39, 0.29) is 30.8 Å². The number of rotatable bonds is 1. The summed E-state index contributed by atoms with van der Waals surface area (Å²) in [5.74, 6) is -1.57. The average molecular weight is 187 g/mol. The Hall–Kier alpha value is -1.72. The first-order valence-electron chi connectivity index (χ1n) is 3.64. The molecule has 1 aliphatic rings. The lowest BCUT2D eigenvalue weighted by Crippen LogP contribution is -2.37. The molecule has 1 amide bonds. The van der Waals surface area contributed by atoms with Crippen LogP contribution in [0.15, 0.2) is 11.3 Å². The molecule has 0 aromatic rings. The minimum absolute atomic E-state index is 0.0491. The Kier molecular flexibility index (Phi) is 2.41. The van der Waals surface area contributed by atoms with Crippen molar-refractivity contribution in [3.05, 3.63) is 11.3 Å². The van der Waals surface area contributed by atoms with Crippen LogP contribution in [0, 0.1) is 0 Å². The molecule has 0 saturated heterocycles. The highest BCUT2D eigenvalue weighted by molar-refractivity contribution is 5.87. The second kappa shape index (κ2) is 3.34. The van der Waals surface area contributed by atoms with Crippen molar-refractivity contribution in [2.24, 2.45) is 0 Å². The van der Waals surface area contributed by atoms with Gasteiger partial charge in [0.15, 0.2) is 0 Å². The Morgan fingerprint density at radius 3 is 2.31 bits per heavy atom. The topological polar surface area (TPSA) is 98.1 Å². The molecular formula is C7H9NO5. The van der Waals surface area contributed by atoms with E-state index < -0.39 is 12.1 Å². The van der Waals surface area contributed by atoms with Gasteiger partial charge in [-0.15, -0.1) is 0 Å². The molecular weight excluding hydrogens is 178 g/mol. The molecule has 72 valence electrons. The van der Waals surface area contributed by atoms with E-state index in [9.17, 15) is 9.59 Å². The van der Waals surface area contributed by atoms with Gasteiger partial charge in [0, 0.05) is 13.0 Å². The summed E-state index contributed by atoms with van der Waals surface area (Å²) in [4.78, 5) is 21.8. The molecule has 0 radical (unpaired) electrons. The number of amides is 1. The number of hydrogen-bond donors (Lipinski definition) is 3. The lowest BCUT2D eigenvalue weighted by atomic mass is 10.1. The highest BCUT2D eigenvalue weighted by Gasteiger charge is 2.25. The summed E-state index contributed by atoms with van der Waals surface area (Å²) >= 11 is 0. The van der Waals surface area contributed by atoms with Gasteiger partial charge < -0.3 is 20.2 Å². The molecule has 1 heterocycles. The summed E-state index contributed by atoms with van der Waals surface area (Å²) in [5, 5.41) is 26.2. The Balaban J connectivity index is 2.78. The van der Waals surface area contributed by atoms with E-state index in [0.29, 0.717) is 0 Å². The maximum Gasteiger partial charge on any atom is 0.407 e. The minimum atomic E-state index is -1.19. The molecule has 0 atom stereocenters. The second-order valence-corrected chi connectivity index (χ2v) is 2.68. The van der Waals surface area contributed by atoms with Gasteiger partial charge in [-0.25, -0.2) is 9.59 Å². The zero-order chi connectivity index (χ0) is 10.0. The number of hydrogen-bond acceptors (Lipinski definition) is 3. The standard InChI is InChI=1S/C7H9NO5/c9-5-3-8(7(12)13)2-1-4(5)6(10)11/h9H,1-3H2,(H,10,11)(H,12,13). The predicted molar refractivity (Wildman–Crippen MR) is 41.5 cm³/mol. The van der Waals surface area contributed by atoms with E-state index in [1.165, 1.54) is 0 Å². The van der Waals surface area contributed by atoms with Crippen LogP contribution in [0.1, 0.15) is 6.42 Å². The van der Waals surface area contributed by atoms with Gasteiger partial charge in [-0.05, 0) is 0 Å². The van der Waals surface area contributed by atoms with Crippen LogP contribution in [0.5, 0.6) is 0 Å². The number of aliphatic carboxylic acids is 1. The van der Waals surface area contributed by atoms with Crippen molar-refractivity contribution in [2.75, 3.05) is 13.1 Å². The molecule has 13 heavy (non-hydrogen) atoms. The first-order chi connectivity index (χ1) is 6.02. The molecule has 1 rings (SSSR count). The molecule has 0 aliphatic carbocycles. The second-order valence-electron chi connectivity index (χ2n) is 2.68. The van der Waals surface area contributed by atoms with E-state index in [2.05, 4.69) is 0 Å². The zero-order valence-electron chi connectivity index (χ0n) is 6.73. The SMILES string of the molecule is O=C(O)C1=C(O)CN(C(=O)O)CC1. The fourth-order valence-corrected chi connectivity index (χ4v) is 1.14. The third kappa shape index (κ3) is 1.90. The Labute approximate surface area is 73.7 Å². The number of nitrogens with zero attached hydrogens (tertiary/aromatic N) is 1. The molecule has 0 unspecified atom stereocenters. The largest absolute Gasteiger partial charge is 0.510 e. The molecule has 0 saturated carbocycles. The molecule has 0 aromatic heterocycles. The van der Waals surface area contributed by atoms with Crippen molar-refractivity contribution < 1.29 is 24.9 Å². The van der Waals surface area contributed by atoms with Gasteiger partial charge in [0.1, 0.15) is 5.76 Å². The lowest BCUT2D eigenvalue weighted by Gasteiger charge is -2.24. The summed E-state index contributed by atoms with van der Waals surface area (Å²) in [6.07, 6.45) is -1.11. The van der Waals surface area contributed by atoms with Crippen LogP contribution in [-0.2, 0) is 4.79 Å². The van der Waals surface area contributed by atoms with Crippen LogP contribution >= 0.6 is 0 Å². The van der Waals surface area contributed by atoms with Crippen LogP contribution in [0.2, 0.25) is 0 Å². The van der Waals surface area contributed by atoms with Crippen molar-refractivity contribution in [2.45, 2.75) is 6.42 Å². The number of aliphatic hydroxyl groups is 1. The van der Waals surface area contributed by atoms with Crippen LogP contribution in [0.3, 0.4) is 0 Å². The van der Waals surface area contributed by atoms with Crippen LogP contribution < -0.4 is 0 Å². The maximum absolute atomic E-state index is 10.5. The van der Waals surface area contributed by atoms with Crippen LogP contribution in [0.25, 0.3) is 0 Å². The summed E-state index contributed by atoms with van der Waals surface area (Å²) in [6.45, 7) is -0.127. The van der Waals surface area contributed by atoms with Crippen molar-refractivity contribution in [3.63, 3.8) is 0 Å². The molecule has 3 N–H and O–H groups in total. The molecule has 6 heteroatoms. The molecule has 1 aliphatic heterocycles. The Bertz CT molecular complexity index is 283. The minimum Gasteiger partial charge on any atom is -0.510 e. The van der Waals surface area contributed by atoms with Crippen LogP contribution in [-0.4, -0.2) is 45.4 Å². The summed E-state index contributed by atoms with van der Waals surface area (Å²) in [7, 11) is 0. The van der Waals surface area contributed by atoms with Crippen molar-refractivity contribution in [3.8, 4) is 0 Å². The zero-order valence-corrected chi connectivity index (χ0v) is 6.73. The normalized spacial score (nSPS) is 17.4. The molecule has 0 aromatic carbocycles. The predicted octanol–water partition coefficient (Wildman–Crippen LogP) is 0.267. The number of carbonyl (C=O) groups is 2. The van der Waals surface area contributed by atoms with E-state index in [4.69, 9.17) is 15.3 Å². The van der Waals surface area contributed by atoms with Crippen molar-refractivity contribution >= 4 is 12.1 Å². The third-order valence-corrected chi connectivity index (χ3v) is 1.85. The highest BCUT2D eigenvalue weighted by Crippen LogP contribution is 2.15. The maximum atomic E-state index is 10.5. The molecule has 0 fully saturated rings. The monoisotopic (exact) mass is 187 g/mol. The van der Waals surface area contributed by atoms with Crippen molar-refractivity contribution in [1.29, 1.82) is 0 Å². The first-order valence-corrected chi connectivity index (χ1v) is 3.64. The van der Waals surface area contributed by atoms with Crippen LogP contribution in [0.4, 0.5) is 4.79 Å². The smallest absolute Gasteiger partial charge is 0.407 e. The van der Waals surface area contributed by atoms with Gasteiger partial charge in [-0.2, -0.15) is 0 Å². The highest BCUT2D eigenvalue weighted by atomic mass is 16.4. The van der Waals surface area contributed by atoms with Gasteiger partial charge in [0.25, 0.3) is 0 Å². The van der Waals surface area contributed by atoms with Gasteiger partial charge in [0.2, 0.25) is 0 Å². The summed E-state index contributed by atoms with van der Waals surface area (Å²) in [5.41, 5.74) is -0.0995. The summed E-state index contributed by atoms with van der Waals surface area (Å²) in [6, 6.07) is 0. The van der Waals surface area contributed by atoms with Gasteiger partial charge in [-0.1, -0.05) is 0 Å². The van der Waals surface area contributed by atoms with E-state index >= 15 is 0 Å². The number of aliphatic hydroxyl groups excluding tert-OH is 1. The van der Waals surface area contributed by atoms with Gasteiger partial charge in [0.05, 0.1) is 12.1 Å². The van der Waals surface area contributed by atoms with Gasteiger partial charge >= 0.3 is 12.1 Å². The van der Waals surface area contributed by atoms with E-state index in [1.54, 1.807) is 0 Å². The quantitative estimate of drug-likeness (QED) is 0.547. The van der Waals surface area contributed by atoms with E-state index in [1.807, 2.05) is 0 Å².